The molecule has 140 valence electrons. The summed E-state index contributed by atoms with van der Waals surface area (Å²) < 4.78 is 15.6. The Hall–Kier alpha value is -2.38. The Morgan fingerprint density at radius 2 is 2.04 bits per heavy atom. The highest BCUT2D eigenvalue weighted by atomic mass is 35.5. The van der Waals surface area contributed by atoms with E-state index in [4.69, 9.17) is 11.6 Å². The van der Waals surface area contributed by atoms with Crippen LogP contribution >= 0.6 is 23.4 Å². The number of benzene rings is 2. The van der Waals surface area contributed by atoms with E-state index in [9.17, 15) is 9.18 Å². The minimum Gasteiger partial charge on any atom is -0.349 e. The molecule has 3 aromatic rings. The van der Waals surface area contributed by atoms with Crippen molar-refractivity contribution in [1.82, 2.24) is 20.1 Å². The van der Waals surface area contributed by atoms with E-state index in [1.807, 2.05) is 25.1 Å². The highest BCUT2D eigenvalue weighted by Gasteiger charge is 2.16. The van der Waals surface area contributed by atoms with Gasteiger partial charge in [-0.2, -0.15) is 0 Å². The SMILES string of the molecule is C[C@H](NC(=O)CSc1nnc(-c2ccccc2F)n1C)c1cccc(Cl)c1. The van der Waals surface area contributed by atoms with Crippen LogP contribution in [0.1, 0.15) is 18.5 Å². The minimum absolute atomic E-state index is 0.136. The molecular formula is C19H18ClFN4OS. The van der Waals surface area contributed by atoms with E-state index in [1.54, 1.807) is 35.9 Å². The van der Waals surface area contributed by atoms with Crippen LogP contribution in [0.5, 0.6) is 0 Å². The van der Waals surface area contributed by atoms with Gasteiger partial charge in [-0.15, -0.1) is 10.2 Å². The molecule has 1 amide bonds. The van der Waals surface area contributed by atoms with Crippen molar-refractivity contribution in [1.29, 1.82) is 0 Å². The molecule has 0 radical (unpaired) electrons. The van der Waals surface area contributed by atoms with Gasteiger partial charge in [0.2, 0.25) is 5.91 Å². The summed E-state index contributed by atoms with van der Waals surface area (Å²) in [7, 11) is 1.75. The average Bonchev–Trinajstić information content (AvgIpc) is 3.01. The van der Waals surface area contributed by atoms with Gasteiger partial charge in [-0.1, -0.05) is 47.6 Å². The summed E-state index contributed by atoms with van der Waals surface area (Å²) in [5, 5.41) is 12.2. The lowest BCUT2D eigenvalue weighted by Crippen LogP contribution is -2.28. The standard InChI is InChI=1S/C19H18ClFN4OS/c1-12(13-6-5-7-14(20)10-13)22-17(26)11-27-19-24-23-18(25(19)2)15-8-3-4-9-16(15)21/h3-10,12H,11H2,1-2H3,(H,22,26)/t12-/m0/s1. The number of nitrogens with one attached hydrogen (secondary N) is 1. The molecule has 5 nitrogen and oxygen atoms in total. The normalized spacial score (nSPS) is 12.0. The van der Waals surface area contributed by atoms with Gasteiger partial charge in [0.05, 0.1) is 17.4 Å². The van der Waals surface area contributed by atoms with E-state index >= 15 is 0 Å². The summed E-state index contributed by atoms with van der Waals surface area (Å²) in [6.45, 7) is 1.90. The summed E-state index contributed by atoms with van der Waals surface area (Å²) in [5.41, 5.74) is 1.31. The molecule has 1 aromatic heterocycles. The summed E-state index contributed by atoms with van der Waals surface area (Å²) in [5.74, 6) is 0.0950. The molecule has 0 aliphatic rings. The fourth-order valence-corrected chi connectivity index (χ4v) is 3.51. The van der Waals surface area contributed by atoms with Crippen LogP contribution in [0, 0.1) is 5.82 Å². The number of hydrogen-bond donors (Lipinski definition) is 1. The van der Waals surface area contributed by atoms with Gasteiger partial charge in [-0.05, 0) is 36.8 Å². The van der Waals surface area contributed by atoms with Gasteiger partial charge in [0.1, 0.15) is 5.82 Å². The lowest BCUT2D eigenvalue weighted by atomic mass is 10.1. The number of carbonyl (C=O) groups excluding carboxylic acids is 1. The van der Waals surface area contributed by atoms with E-state index in [0.29, 0.717) is 21.6 Å². The Balaban J connectivity index is 1.62. The first-order valence-corrected chi connectivity index (χ1v) is 9.64. The topological polar surface area (TPSA) is 59.8 Å². The minimum atomic E-state index is -0.363. The largest absolute Gasteiger partial charge is 0.349 e. The number of halogens is 2. The predicted molar refractivity (Wildman–Crippen MR) is 105 cm³/mol. The molecule has 0 fully saturated rings. The van der Waals surface area contributed by atoms with Crippen molar-refractivity contribution >= 4 is 29.3 Å². The lowest BCUT2D eigenvalue weighted by Gasteiger charge is -2.14. The maximum absolute atomic E-state index is 14.0. The zero-order chi connectivity index (χ0) is 19.4. The van der Waals surface area contributed by atoms with Crippen molar-refractivity contribution < 1.29 is 9.18 Å². The number of thioether (sulfide) groups is 1. The van der Waals surface area contributed by atoms with Gasteiger partial charge >= 0.3 is 0 Å². The Morgan fingerprint density at radius 1 is 1.26 bits per heavy atom. The monoisotopic (exact) mass is 404 g/mol. The van der Waals surface area contributed by atoms with Gasteiger partial charge in [0, 0.05) is 12.1 Å². The van der Waals surface area contributed by atoms with E-state index in [0.717, 1.165) is 5.56 Å². The number of hydrogen-bond acceptors (Lipinski definition) is 4. The maximum atomic E-state index is 14.0. The fraction of sp³-hybridized carbons (Fsp3) is 0.211. The second-order valence-electron chi connectivity index (χ2n) is 5.98. The molecule has 1 atom stereocenters. The van der Waals surface area contributed by atoms with E-state index < -0.39 is 0 Å². The summed E-state index contributed by atoms with van der Waals surface area (Å²) in [4.78, 5) is 12.2. The Bertz CT molecular complexity index is 962. The first-order valence-electron chi connectivity index (χ1n) is 8.27. The molecular weight excluding hydrogens is 387 g/mol. The number of nitrogens with zero attached hydrogens (tertiary/aromatic N) is 3. The van der Waals surface area contributed by atoms with Crippen molar-refractivity contribution in [3.63, 3.8) is 0 Å². The second kappa shape index (κ2) is 8.54. The van der Waals surface area contributed by atoms with Crippen LogP contribution in [0.15, 0.2) is 53.7 Å². The maximum Gasteiger partial charge on any atom is 0.230 e. The average molecular weight is 405 g/mol. The number of amides is 1. The Labute approximate surface area is 166 Å². The summed E-state index contributed by atoms with van der Waals surface area (Å²) in [6.07, 6.45) is 0. The highest BCUT2D eigenvalue weighted by molar-refractivity contribution is 7.99. The van der Waals surface area contributed by atoms with Gasteiger partial charge in [-0.25, -0.2) is 4.39 Å². The van der Waals surface area contributed by atoms with Crippen molar-refractivity contribution in [2.45, 2.75) is 18.1 Å². The zero-order valence-electron chi connectivity index (χ0n) is 14.8. The van der Waals surface area contributed by atoms with Gasteiger partial charge < -0.3 is 9.88 Å². The molecule has 0 aliphatic heterocycles. The molecule has 0 aliphatic carbocycles. The van der Waals surface area contributed by atoms with E-state index in [1.165, 1.54) is 17.8 Å². The van der Waals surface area contributed by atoms with Gasteiger partial charge in [-0.3, -0.25) is 4.79 Å². The Morgan fingerprint density at radius 3 is 2.78 bits per heavy atom. The van der Waals surface area contributed by atoms with Gasteiger partial charge in [0.25, 0.3) is 0 Å². The van der Waals surface area contributed by atoms with E-state index in [-0.39, 0.29) is 23.5 Å². The van der Waals surface area contributed by atoms with Crippen LogP contribution < -0.4 is 5.32 Å². The van der Waals surface area contributed by atoms with Crippen LogP contribution in [0.4, 0.5) is 4.39 Å². The molecule has 0 saturated carbocycles. The molecule has 0 unspecified atom stereocenters. The lowest BCUT2D eigenvalue weighted by molar-refractivity contribution is -0.119. The number of rotatable bonds is 6. The van der Waals surface area contributed by atoms with Crippen LogP contribution in [-0.4, -0.2) is 26.4 Å². The molecule has 27 heavy (non-hydrogen) atoms. The molecule has 1 N–H and O–H groups in total. The molecule has 0 spiro atoms. The molecule has 0 bridgehead atoms. The quantitative estimate of drug-likeness (QED) is 0.624. The van der Waals surface area contributed by atoms with Crippen LogP contribution in [-0.2, 0) is 11.8 Å². The molecule has 0 saturated heterocycles. The van der Waals surface area contributed by atoms with Crippen molar-refractivity contribution in [2.75, 3.05) is 5.75 Å². The second-order valence-corrected chi connectivity index (χ2v) is 7.36. The molecule has 1 heterocycles. The van der Waals surface area contributed by atoms with Crippen LogP contribution in [0.2, 0.25) is 5.02 Å². The third-order valence-corrected chi connectivity index (χ3v) is 5.26. The smallest absolute Gasteiger partial charge is 0.230 e. The number of aromatic nitrogens is 3. The van der Waals surface area contributed by atoms with Crippen LogP contribution in [0.25, 0.3) is 11.4 Å². The first kappa shape index (κ1) is 19.4. The van der Waals surface area contributed by atoms with Gasteiger partial charge in [0.15, 0.2) is 11.0 Å². The fourth-order valence-electron chi connectivity index (χ4n) is 2.59. The summed E-state index contributed by atoms with van der Waals surface area (Å²) in [6, 6.07) is 13.6. The third-order valence-electron chi connectivity index (χ3n) is 4.01. The number of carbonyl (C=O) groups is 1. The molecule has 3 rings (SSSR count). The van der Waals surface area contributed by atoms with Crippen LogP contribution in [0.3, 0.4) is 0 Å². The highest BCUT2D eigenvalue weighted by Crippen LogP contribution is 2.24. The third kappa shape index (κ3) is 4.67. The van der Waals surface area contributed by atoms with Crippen molar-refractivity contribution in [3.8, 4) is 11.4 Å². The zero-order valence-corrected chi connectivity index (χ0v) is 16.4. The first-order chi connectivity index (χ1) is 13.0. The molecule has 2 aromatic carbocycles. The Kier molecular flexibility index (Phi) is 6.13. The van der Waals surface area contributed by atoms with E-state index in [2.05, 4.69) is 15.5 Å². The van der Waals surface area contributed by atoms with Crippen molar-refractivity contribution in [2.24, 2.45) is 7.05 Å². The molecule has 8 heteroatoms. The van der Waals surface area contributed by atoms with Crippen molar-refractivity contribution in [3.05, 3.63) is 64.9 Å². The predicted octanol–water partition coefficient (Wildman–Crippen LogP) is 4.24. The summed E-state index contributed by atoms with van der Waals surface area (Å²) >= 11 is 7.23.